The van der Waals surface area contributed by atoms with Crippen molar-refractivity contribution in [3.63, 3.8) is 0 Å². The highest BCUT2D eigenvalue weighted by molar-refractivity contribution is 9.12. The van der Waals surface area contributed by atoms with E-state index in [-0.39, 0.29) is 40.9 Å². The third-order valence-electron chi connectivity index (χ3n) is 7.47. The first kappa shape index (κ1) is 22.1. The summed E-state index contributed by atoms with van der Waals surface area (Å²) in [5, 5.41) is 9.52. The van der Waals surface area contributed by atoms with Crippen LogP contribution in [0.25, 0.3) is 0 Å². The molecule has 1 saturated heterocycles. The van der Waals surface area contributed by atoms with Gasteiger partial charge in [-0.05, 0) is 59.0 Å². The number of anilines is 1. The van der Waals surface area contributed by atoms with Crippen molar-refractivity contribution < 1.29 is 28.7 Å². The van der Waals surface area contributed by atoms with E-state index in [0.717, 1.165) is 5.57 Å². The van der Waals surface area contributed by atoms with Crippen LogP contribution in [0.15, 0.2) is 80.2 Å². The molecule has 0 saturated carbocycles. The van der Waals surface area contributed by atoms with Crippen LogP contribution in [0.4, 0.5) is 5.69 Å². The molecule has 176 valence electrons. The second kappa shape index (κ2) is 8.10. The van der Waals surface area contributed by atoms with E-state index >= 15 is 0 Å². The fourth-order valence-corrected chi connectivity index (χ4v) is 6.45. The van der Waals surface area contributed by atoms with Crippen LogP contribution < -0.4 is 4.90 Å². The standard InChI is InChI=1S/C27H20BrNO6/c28-19-11-20(31)23-18(25(19)32)10-17-15(24(23)21-9-6-14(12-30)35-21)7-8-16-22(17)27(34)29(26(16)33)13-4-2-1-3-5-13/h1-7,9,11,16-17,22,24,30H,8,10,12H2/t16-,17+,22-,24+/m0/s1. The maximum atomic E-state index is 13.7. The van der Waals surface area contributed by atoms with E-state index in [4.69, 9.17) is 4.42 Å². The van der Waals surface area contributed by atoms with Crippen LogP contribution in [0, 0.1) is 17.8 Å². The summed E-state index contributed by atoms with van der Waals surface area (Å²) in [6, 6.07) is 12.2. The molecule has 4 aliphatic rings. The van der Waals surface area contributed by atoms with Crippen LogP contribution in [0.5, 0.6) is 0 Å². The Morgan fingerprint density at radius 2 is 1.77 bits per heavy atom. The average molecular weight is 534 g/mol. The lowest BCUT2D eigenvalue weighted by Crippen LogP contribution is -2.39. The fourth-order valence-electron chi connectivity index (χ4n) is 6.00. The highest BCUT2D eigenvalue weighted by Gasteiger charge is 2.57. The van der Waals surface area contributed by atoms with Gasteiger partial charge in [-0.1, -0.05) is 29.8 Å². The van der Waals surface area contributed by atoms with Crippen molar-refractivity contribution in [3.8, 4) is 0 Å². The fraction of sp³-hybridized carbons (Fsp3) is 0.259. The first-order valence-corrected chi connectivity index (χ1v) is 12.2. The summed E-state index contributed by atoms with van der Waals surface area (Å²) in [5.74, 6) is -2.61. The van der Waals surface area contributed by atoms with Crippen LogP contribution in [0.1, 0.15) is 30.3 Å². The third kappa shape index (κ3) is 3.20. The van der Waals surface area contributed by atoms with Crippen molar-refractivity contribution in [1.29, 1.82) is 0 Å². The molecule has 1 aromatic carbocycles. The Morgan fingerprint density at radius 1 is 1.00 bits per heavy atom. The number of hydrogen-bond acceptors (Lipinski definition) is 6. The Hall–Kier alpha value is -3.36. The number of carbonyl (C=O) groups is 4. The molecule has 6 rings (SSSR count). The zero-order chi connectivity index (χ0) is 24.4. The quantitative estimate of drug-likeness (QED) is 0.366. The number of amides is 2. The van der Waals surface area contributed by atoms with E-state index in [1.807, 2.05) is 12.1 Å². The summed E-state index contributed by atoms with van der Waals surface area (Å²) in [4.78, 5) is 54.6. The highest BCUT2D eigenvalue weighted by atomic mass is 79.9. The van der Waals surface area contributed by atoms with Crippen molar-refractivity contribution >= 4 is 45.0 Å². The highest BCUT2D eigenvalue weighted by Crippen LogP contribution is 2.55. The number of imide groups is 1. The number of rotatable bonds is 3. The average Bonchev–Trinajstić information content (AvgIpc) is 3.44. The van der Waals surface area contributed by atoms with E-state index in [9.17, 15) is 24.3 Å². The molecule has 1 N–H and O–H groups in total. The van der Waals surface area contributed by atoms with Gasteiger partial charge in [0.05, 0.1) is 27.9 Å². The van der Waals surface area contributed by atoms with Gasteiger partial charge in [0.1, 0.15) is 18.1 Å². The molecule has 2 amide bonds. The minimum absolute atomic E-state index is 0.176. The van der Waals surface area contributed by atoms with Crippen LogP contribution in [0.3, 0.4) is 0 Å². The molecule has 2 aromatic rings. The van der Waals surface area contributed by atoms with Crippen molar-refractivity contribution in [2.75, 3.05) is 4.90 Å². The van der Waals surface area contributed by atoms with Gasteiger partial charge in [-0.3, -0.25) is 24.1 Å². The van der Waals surface area contributed by atoms with Crippen LogP contribution in [-0.4, -0.2) is 28.5 Å². The smallest absolute Gasteiger partial charge is 0.238 e. The number of aliphatic hydroxyl groups excluding tert-OH is 1. The first-order valence-electron chi connectivity index (χ1n) is 11.4. The molecule has 0 spiro atoms. The molecule has 0 bridgehead atoms. The summed E-state index contributed by atoms with van der Waals surface area (Å²) in [6.45, 7) is -0.302. The molecule has 0 unspecified atom stereocenters. The number of Topliss-reactive ketones (excluding diaryl/α,β-unsaturated/α-hetero) is 1. The van der Waals surface area contributed by atoms with Gasteiger partial charge in [0.15, 0.2) is 11.6 Å². The topological polar surface area (TPSA) is 105 Å². The van der Waals surface area contributed by atoms with E-state index in [1.165, 1.54) is 11.0 Å². The SMILES string of the molecule is O=C1C=C(Br)C(=O)C2=C1[C@@H](c1ccc(CO)o1)C1=CC[C@@H]3C(=O)N(c4ccccc4)C(=O)[C@@H]3[C@@H]1C2. The number of ketones is 2. The zero-order valence-corrected chi connectivity index (χ0v) is 20.0. The van der Waals surface area contributed by atoms with Gasteiger partial charge in [-0.15, -0.1) is 0 Å². The van der Waals surface area contributed by atoms with Gasteiger partial charge >= 0.3 is 0 Å². The molecule has 2 heterocycles. The number of fused-ring (bicyclic) bond motifs is 3. The second-order valence-electron chi connectivity index (χ2n) is 9.20. The van der Waals surface area contributed by atoms with E-state index in [1.54, 1.807) is 36.4 Å². The molecule has 8 heteroatoms. The number of allylic oxidation sites excluding steroid dienone is 6. The monoisotopic (exact) mass is 533 g/mol. The lowest BCUT2D eigenvalue weighted by atomic mass is 9.60. The van der Waals surface area contributed by atoms with Crippen LogP contribution in [0.2, 0.25) is 0 Å². The Balaban J connectivity index is 1.48. The Bertz CT molecular complexity index is 1400. The minimum Gasteiger partial charge on any atom is -0.463 e. The maximum absolute atomic E-state index is 13.7. The minimum atomic E-state index is -0.660. The van der Waals surface area contributed by atoms with Crippen molar-refractivity contribution in [3.05, 3.63) is 87.3 Å². The number of nitrogens with zero attached hydrogens (tertiary/aromatic N) is 1. The van der Waals surface area contributed by atoms with Crippen molar-refractivity contribution in [1.82, 2.24) is 0 Å². The largest absolute Gasteiger partial charge is 0.463 e. The van der Waals surface area contributed by atoms with E-state index < -0.39 is 23.7 Å². The Morgan fingerprint density at radius 3 is 2.49 bits per heavy atom. The normalized spacial score (nSPS) is 28.0. The second-order valence-corrected chi connectivity index (χ2v) is 10.1. The Kier molecular flexibility index (Phi) is 5.12. The third-order valence-corrected chi connectivity index (χ3v) is 8.06. The van der Waals surface area contributed by atoms with Gasteiger partial charge in [0.2, 0.25) is 11.8 Å². The number of furan rings is 1. The summed E-state index contributed by atoms with van der Waals surface area (Å²) in [5.41, 5.74) is 2.03. The molecule has 35 heavy (non-hydrogen) atoms. The summed E-state index contributed by atoms with van der Waals surface area (Å²) < 4.78 is 6.02. The molecular weight excluding hydrogens is 514 g/mol. The van der Waals surface area contributed by atoms with Gasteiger partial charge < -0.3 is 9.52 Å². The molecule has 0 radical (unpaired) electrons. The predicted octanol–water partition coefficient (Wildman–Crippen LogP) is 3.74. The van der Waals surface area contributed by atoms with E-state index in [0.29, 0.717) is 34.8 Å². The molecule has 1 aromatic heterocycles. The first-order chi connectivity index (χ1) is 16.9. The molecule has 1 fully saturated rings. The van der Waals surface area contributed by atoms with Crippen molar-refractivity contribution in [2.45, 2.75) is 25.4 Å². The molecular formula is C27H20BrNO6. The summed E-state index contributed by atoms with van der Waals surface area (Å²) in [7, 11) is 0. The van der Waals surface area contributed by atoms with Gasteiger partial charge in [-0.2, -0.15) is 0 Å². The molecule has 7 nitrogen and oxygen atoms in total. The van der Waals surface area contributed by atoms with Gasteiger partial charge in [0, 0.05) is 17.2 Å². The maximum Gasteiger partial charge on any atom is 0.238 e. The number of benzene rings is 1. The predicted molar refractivity (Wildman–Crippen MR) is 128 cm³/mol. The van der Waals surface area contributed by atoms with Gasteiger partial charge in [-0.25, -0.2) is 0 Å². The summed E-state index contributed by atoms with van der Waals surface area (Å²) in [6.07, 6.45) is 3.77. The van der Waals surface area contributed by atoms with Gasteiger partial charge in [0.25, 0.3) is 0 Å². The number of aliphatic hydroxyl groups is 1. The molecule has 1 aliphatic heterocycles. The number of para-hydroxylation sites is 1. The Labute approximate surface area is 208 Å². The lowest BCUT2D eigenvalue weighted by molar-refractivity contribution is -0.123. The zero-order valence-electron chi connectivity index (χ0n) is 18.4. The summed E-state index contributed by atoms with van der Waals surface area (Å²) >= 11 is 3.21. The number of carbonyl (C=O) groups excluding carboxylic acids is 4. The van der Waals surface area contributed by atoms with Crippen LogP contribution >= 0.6 is 15.9 Å². The molecule has 3 aliphatic carbocycles. The number of halogens is 1. The van der Waals surface area contributed by atoms with Crippen LogP contribution in [-0.2, 0) is 25.8 Å². The number of hydrogen-bond donors (Lipinski definition) is 1. The lowest BCUT2D eigenvalue weighted by Gasteiger charge is -2.41. The van der Waals surface area contributed by atoms with Crippen molar-refractivity contribution in [2.24, 2.45) is 17.8 Å². The van der Waals surface area contributed by atoms with E-state index in [2.05, 4.69) is 15.9 Å². The molecule has 4 atom stereocenters.